The summed E-state index contributed by atoms with van der Waals surface area (Å²) in [6, 6.07) is 0. The number of aromatic nitrogens is 2. The number of carbonyl (C=O) groups is 2. The van der Waals surface area contributed by atoms with E-state index in [1.54, 1.807) is 23.6 Å². The Balaban J connectivity index is 1.69. The number of ether oxygens (including phenoxy) is 1. The van der Waals surface area contributed by atoms with Gasteiger partial charge in [-0.05, 0) is 12.8 Å². The number of nitrogens with zero attached hydrogens (tertiary/aromatic N) is 2. The second kappa shape index (κ2) is 6.70. The number of methoxy groups -OCH3 is 1. The lowest BCUT2D eigenvalue weighted by Crippen LogP contribution is -2.31. The lowest BCUT2D eigenvalue weighted by Gasteiger charge is -2.11. The number of carbonyl (C=O) groups excluding carboxylic acids is 2. The van der Waals surface area contributed by atoms with Gasteiger partial charge in [0, 0.05) is 36.6 Å². The summed E-state index contributed by atoms with van der Waals surface area (Å²) < 4.78 is 6.52. The molecule has 2 aliphatic rings. The van der Waals surface area contributed by atoms with Crippen LogP contribution in [0.15, 0.2) is 0 Å². The molecule has 0 atom stereocenters. The first-order valence-corrected chi connectivity index (χ1v) is 8.57. The summed E-state index contributed by atoms with van der Waals surface area (Å²) in [4.78, 5) is 24.0. The summed E-state index contributed by atoms with van der Waals surface area (Å²) in [6.45, 7) is 1.06. The van der Waals surface area contributed by atoms with Crippen LogP contribution >= 0.6 is 11.8 Å². The van der Waals surface area contributed by atoms with Gasteiger partial charge >= 0.3 is 0 Å². The highest BCUT2D eigenvalue weighted by molar-refractivity contribution is 7.98. The molecular weight excluding hydrogens is 304 g/mol. The highest BCUT2D eigenvalue weighted by Crippen LogP contribution is 2.36. The fourth-order valence-electron chi connectivity index (χ4n) is 2.37. The van der Waals surface area contributed by atoms with Gasteiger partial charge in [-0.1, -0.05) is 0 Å². The van der Waals surface area contributed by atoms with Gasteiger partial charge in [0.25, 0.3) is 0 Å². The van der Waals surface area contributed by atoms with E-state index < -0.39 is 0 Å². The third-order valence-corrected chi connectivity index (χ3v) is 4.70. The van der Waals surface area contributed by atoms with E-state index in [1.165, 1.54) is 0 Å². The van der Waals surface area contributed by atoms with Crippen molar-refractivity contribution < 1.29 is 14.3 Å². The van der Waals surface area contributed by atoms with Crippen LogP contribution in [0.2, 0.25) is 0 Å². The summed E-state index contributed by atoms with van der Waals surface area (Å²) >= 11 is 1.78. The first-order chi connectivity index (χ1) is 10.7. The molecule has 120 valence electrons. The number of amides is 2. The maximum atomic E-state index is 12.0. The molecule has 7 nitrogen and oxygen atoms in total. The molecular formula is C14H20N4O3S. The summed E-state index contributed by atoms with van der Waals surface area (Å²) in [7, 11) is 1.59. The number of nitrogens with one attached hydrogen (secondary N) is 2. The van der Waals surface area contributed by atoms with Gasteiger partial charge < -0.3 is 15.4 Å². The van der Waals surface area contributed by atoms with Crippen LogP contribution in [0.4, 0.5) is 5.82 Å². The van der Waals surface area contributed by atoms with Crippen LogP contribution in [0, 0.1) is 5.92 Å². The second-order valence-corrected chi connectivity index (χ2v) is 6.52. The van der Waals surface area contributed by atoms with Gasteiger partial charge in [-0.25, -0.2) is 4.68 Å². The van der Waals surface area contributed by atoms with Gasteiger partial charge in [0.05, 0.1) is 12.3 Å². The van der Waals surface area contributed by atoms with Gasteiger partial charge in [0.1, 0.15) is 12.4 Å². The van der Waals surface area contributed by atoms with Crippen LogP contribution in [0.25, 0.3) is 0 Å². The molecule has 0 radical (unpaired) electrons. The van der Waals surface area contributed by atoms with Crippen LogP contribution < -0.4 is 10.6 Å². The largest absolute Gasteiger partial charge is 0.383 e. The van der Waals surface area contributed by atoms with Crippen LogP contribution in [0.3, 0.4) is 0 Å². The number of rotatable bonds is 7. The first kappa shape index (κ1) is 15.4. The van der Waals surface area contributed by atoms with Crippen LogP contribution in [0.1, 0.15) is 24.1 Å². The molecule has 2 heterocycles. The van der Waals surface area contributed by atoms with E-state index in [2.05, 4.69) is 15.7 Å². The van der Waals surface area contributed by atoms with Crippen LogP contribution in [-0.4, -0.2) is 41.9 Å². The summed E-state index contributed by atoms with van der Waals surface area (Å²) in [5.74, 6) is 2.40. The van der Waals surface area contributed by atoms with E-state index in [1.807, 2.05) is 0 Å². The molecule has 0 saturated heterocycles. The van der Waals surface area contributed by atoms with Gasteiger partial charge in [0.15, 0.2) is 0 Å². The highest BCUT2D eigenvalue weighted by Gasteiger charge is 2.32. The van der Waals surface area contributed by atoms with Crippen molar-refractivity contribution in [2.75, 3.05) is 25.6 Å². The SMILES string of the molecule is COCCNC(=O)Cn1nc2c(c1NC(=O)C1CC1)CSC2. The quantitative estimate of drug-likeness (QED) is 0.723. The Labute approximate surface area is 133 Å². The van der Waals surface area contributed by atoms with E-state index in [9.17, 15) is 9.59 Å². The number of hydrogen-bond acceptors (Lipinski definition) is 5. The van der Waals surface area contributed by atoms with Crippen molar-refractivity contribution in [2.45, 2.75) is 30.9 Å². The molecule has 1 aromatic rings. The van der Waals surface area contributed by atoms with Crippen molar-refractivity contribution in [3.8, 4) is 0 Å². The molecule has 2 N–H and O–H groups in total. The normalized spacial score (nSPS) is 16.4. The average Bonchev–Trinajstić information content (AvgIpc) is 3.17. The minimum absolute atomic E-state index is 0.0423. The van der Waals surface area contributed by atoms with Crippen molar-refractivity contribution in [3.63, 3.8) is 0 Å². The Morgan fingerprint density at radius 3 is 2.95 bits per heavy atom. The molecule has 22 heavy (non-hydrogen) atoms. The van der Waals surface area contributed by atoms with Gasteiger partial charge in [0.2, 0.25) is 11.8 Å². The number of fused-ring (bicyclic) bond motifs is 1. The smallest absolute Gasteiger partial charge is 0.241 e. The van der Waals surface area contributed by atoms with Crippen LogP contribution in [0.5, 0.6) is 0 Å². The molecule has 0 bridgehead atoms. The third kappa shape index (κ3) is 3.44. The zero-order valence-corrected chi connectivity index (χ0v) is 13.4. The van der Waals surface area contributed by atoms with E-state index in [4.69, 9.17) is 4.74 Å². The zero-order chi connectivity index (χ0) is 15.5. The minimum atomic E-state index is -0.132. The molecule has 1 saturated carbocycles. The van der Waals surface area contributed by atoms with Crippen molar-refractivity contribution in [1.82, 2.24) is 15.1 Å². The van der Waals surface area contributed by atoms with Gasteiger partial charge in [-0.2, -0.15) is 16.9 Å². The lowest BCUT2D eigenvalue weighted by atomic mass is 10.2. The third-order valence-electron chi connectivity index (χ3n) is 3.73. The Kier molecular flexibility index (Phi) is 4.68. The molecule has 1 aliphatic heterocycles. The Morgan fingerprint density at radius 1 is 1.41 bits per heavy atom. The van der Waals surface area contributed by atoms with Crippen molar-refractivity contribution >= 4 is 29.4 Å². The van der Waals surface area contributed by atoms with Crippen molar-refractivity contribution in [3.05, 3.63) is 11.3 Å². The maximum absolute atomic E-state index is 12.0. The molecule has 1 fully saturated rings. The Bertz CT molecular complexity index is 583. The highest BCUT2D eigenvalue weighted by atomic mass is 32.2. The van der Waals surface area contributed by atoms with Crippen molar-refractivity contribution in [1.29, 1.82) is 0 Å². The predicted molar refractivity (Wildman–Crippen MR) is 83.5 cm³/mol. The molecule has 0 unspecified atom stereocenters. The number of hydrogen-bond donors (Lipinski definition) is 2. The van der Waals surface area contributed by atoms with E-state index in [0.717, 1.165) is 35.6 Å². The van der Waals surface area contributed by atoms with E-state index in [0.29, 0.717) is 19.0 Å². The lowest BCUT2D eigenvalue weighted by molar-refractivity contribution is -0.122. The Hall–Kier alpha value is -1.54. The standard InChI is InChI=1S/C14H20N4O3S/c1-21-5-4-15-12(19)6-18-13(16-14(20)9-2-3-9)10-7-22-8-11(10)17-18/h9H,2-8H2,1H3,(H,15,19)(H,16,20). The maximum Gasteiger partial charge on any atom is 0.241 e. The number of thioether (sulfide) groups is 1. The second-order valence-electron chi connectivity index (χ2n) is 5.53. The van der Waals surface area contributed by atoms with Crippen molar-refractivity contribution in [2.24, 2.45) is 5.92 Å². The Morgan fingerprint density at radius 2 is 2.23 bits per heavy atom. The van der Waals surface area contributed by atoms with E-state index >= 15 is 0 Å². The fourth-order valence-corrected chi connectivity index (χ4v) is 3.40. The zero-order valence-electron chi connectivity index (χ0n) is 12.6. The molecule has 3 rings (SSSR count). The molecule has 2 amide bonds. The molecule has 1 aliphatic carbocycles. The summed E-state index contributed by atoms with van der Waals surface area (Å²) in [5, 5.41) is 10.2. The topological polar surface area (TPSA) is 85.2 Å². The number of anilines is 1. The van der Waals surface area contributed by atoms with Gasteiger partial charge in [-0.15, -0.1) is 0 Å². The molecule has 8 heteroatoms. The average molecular weight is 324 g/mol. The van der Waals surface area contributed by atoms with Gasteiger partial charge in [-0.3, -0.25) is 9.59 Å². The summed E-state index contributed by atoms with van der Waals surface area (Å²) in [6.07, 6.45) is 1.91. The van der Waals surface area contributed by atoms with E-state index in [-0.39, 0.29) is 24.3 Å². The predicted octanol–water partition coefficient (Wildman–Crippen LogP) is 0.741. The summed E-state index contributed by atoms with van der Waals surface area (Å²) in [5.41, 5.74) is 2.03. The monoisotopic (exact) mass is 324 g/mol. The molecule has 0 aromatic carbocycles. The molecule has 1 aromatic heterocycles. The molecule has 0 spiro atoms. The van der Waals surface area contributed by atoms with Crippen LogP contribution in [-0.2, 0) is 32.4 Å². The fraction of sp³-hybridized carbons (Fsp3) is 0.643. The minimum Gasteiger partial charge on any atom is -0.383 e. The first-order valence-electron chi connectivity index (χ1n) is 7.42.